The number of nitrogens with zero attached hydrogens (tertiary/aromatic N) is 1. The first-order chi connectivity index (χ1) is 9.29. The van der Waals surface area contributed by atoms with Crippen LogP contribution in [0.3, 0.4) is 0 Å². The van der Waals surface area contributed by atoms with Gasteiger partial charge in [0.15, 0.2) is 6.10 Å². The Kier molecular flexibility index (Phi) is 5.95. The number of carbonyl (C=O) groups is 1. The molecule has 1 aromatic rings. The number of ether oxygens (including phenoxy) is 1. The molecule has 0 spiro atoms. The van der Waals surface area contributed by atoms with Crippen molar-refractivity contribution in [2.45, 2.75) is 39.5 Å². The molecule has 1 atom stereocenters. The van der Waals surface area contributed by atoms with Crippen LogP contribution in [0.1, 0.15) is 26.3 Å². The van der Waals surface area contributed by atoms with E-state index in [0.29, 0.717) is 18.3 Å². The highest BCUT2D eigenvalue weighted by Gasteiger charge is 2.17. The van der Waals surface area contributed by atoms with Gasteiger partial charge in [0.05, 0.1) is 0 Å². The third kappa shape index (κ3) is 5.17. The molecule has 0 fully saturated rings. The van der Waals surface area contributed by atoms with Crippen LogP contribution in [-0.2, 0) is 11.3 Å². The normalized spacial score (nSPS) is 12.3. The number of halogens is 1. The number of hydrogen-bond acceptors (Lipinski definition) is 3. The third-order valence-corrected chi connectivity index (χ3v) is 2.75. The fourth-order valence-electron chi connectivity index (χ4n) is 1.73. The molecule has 112 valence electrons. The molecule has 1 rings (SSSR count). The van der Waals surface area contributed by atoms with E-state index in [1.165, 1.54) is 17.0 Å². The SMILES string of the molecule is CC(C)NCc1cc(F)cc(OC(C)C(=O)N(C)C)c1. The smallest absolute Gasteiger partial charge is 0.262 e. The molecule has 0 aromatic heterocycles. The Morgan fingerprint density at radius 3 is 2.50 bits per heavy atom. The summed E-state index contributed by atoms with van der Waals surface area (Å²) < 4.78 is 19.1. The highest BCUT2D eigenvalue weighted by atomic mass is 19.1. The zero-order valence-corrected chi connectivity index (χ0v) is 12.7. The summed E-state index contributed by atoms with van der Waals surface area (Å²) in [6, 6.07) is 4.81. The van der Waals surface area contributed by atoms with Gasteiger partial charge in [-0.1, -0.05) is 13.8 Å². The predicted molar refractivity (Wildman–Crippen MR) is 77.2 cm³/mol. The van der Waals surface area contributed by atoms with Gasteiger partial charge in [-0.15, -0.1) is 0 Å². The van der Waals surface area contributed by atoms with Crippen LogP contribution in [0.5, 0.6) is 5.75 Å². The zero-order chi connectivity index (χ0) is 15.3. The van der Waals surface area contributed by atoms with E-state index in [2.05, 4.69) is 5.32 Å². The van der Waals surface area contributed by atoms with Crippen LogP contribution < -0.4 is 10.1 Å². The van der Waals surface area contributed by atoms with Crippen molar-refractivity contribution in [3.63, 3.8) is 0 Å². The first-order valence-electron chi connectivity index (χ1n) is 6.70. The van der Waals surface area contributed by atoms with E-state index in [1.807, 2.05) is 13.8 Å². The maximum Gasteiger partial charge on any atom is 0.262 e. The molecule has 0 aliphatic heterocycles. The van der Waals surface area contributed by atoms with Gasteiger partial charge in [-0.05, 0) is 24.6 Å². The molecule has 1 aromatic carbocycles. The van der Waals surface area contributed by atoms with Crippen molar-refractivity contribution in [1.29, 1.82) is 0 Å². The van der Waals surface area contributed by atoms with E-state index in [4.69, 9.17) is 4.74 Å². The first kappa shape index (κ1) is 16.4. The highest BCUT2D eigenvalue weighted by molar-refractivity contribution is 5.80. The summed E-state index contributed by atoms with van der Waals surface area (Å²) in [6.07, 6.45) is -0.641. The standard InChI is InChI=1S/C15H23FN2O2/c1-10(2)17-9-12-6-13(16)8-14(7-12)20-11(3)15(19)18(4)5/h6-8,10-11,17H,9H2,1-5H3. The van der Waals surface area contributed by atoms with Gasteiger partial charge in [0.2, 0.25) is 0 Å². The Morgan fingerprint density at radius 2 is 1.95 bits per heavy atom. The Balaban J connectivity index is 2.77. The molecule has 0 heterocycles. The Morgan fingerprint density at radius 1 is 1.30 bits per heavy atom. The number of amides is 1. The van der Waals surface area contributed by atoms with Crippen molar-refractivity contribution in [3.8, 4) is 5.75 Å². The van der Waals surface area contributed by atoms with Crippen molar-refractivity contribution in [1.82, 2.24) is 10.2 Å². The van der Waals surface area contributed by atoms with Gasteiger partial charge in [-0.3, -0.25) is 4.79 Å². The minimum absolute atomic E-state index is 0.156. The molecular formula is C15H23FN2O2. The topological polar surface area (TPSA) is 41.6 Å². The van der Waals surface area contributed by atoms with Crippen LogP contribution in [0, 0.1) is 5.82 Å². The summed E-state index contributed by atoms with van der Waals surface area (Å²) in [5, 5.41) is 3.21. The van der Waals surface area contributed by atoms with Gasteiger partial charge in [-0.25, -0.2) is 4.39 Å². The van der Waals surface area contributed by atoms with Crippen LogP contribution >= 0.6 is 0 Å². The maximum atomic E-state index is 13.6. The molecule has 1 amide bonds. The van der Waals surface area contributed by atoms with Crippen molar-refractivity contribution in [2.24, 2.45) is 0 Å². The van der Waals surface area contributed by atoms with Crippen molar-refractivity contribution < 1.29 is 13.9 Å². The number of benzene rings is 1. The third-order valence-electron chi connectivity index (χ3n) is 2.75. The molecule has 4 nitrogen and oxygen atoms in total. The lowest BCUT2D eigenvalue weighted by atomic mass is 10.2. The number of nitrogens with one attached hydrogen (secondary N) is 1. The second-order valence-electron chi connectivity index (χ2n) is 5.32. The second kappa shape index (κ2) is 7.24. The lowest BCUT2D eigenvalue weighted by Crippen LogP contribution is -2.35. The van der Waals surface area contributed by atoms with Gasteiger partial charge in [0.25, 0.3) is 5.91 Å². The van der Waals surface area contributed by atoms with Crippen molar-refractivity contribution in [3.05, 3.63) is 29.6 Å². The highest BCUT2D eigenvalue weighted by Crippen LogP contribution is 2.18. The number of rotatable bonds is 6. The van der Waals surface area contributed by atoms with Gasteiger partial charge in [0, 0.05) is 32.7 Å². The molecule has 0 aliphatic carbocycles. The number of hydrogen-bond donors (Lipinski definition) is 1. The number of carbonyl (C=O) groups excluding carboxylic acids is 1. The number of likely N-dealkylation sites (N-methyl/N-ethyl adjacent to an activating group) is 1. The van der Waals surface area contributed by atoms with Crippen LogP contribution in [0.15, 0.2) is 18.2 Å². The van der Waals surface area contributed by atoms with Crippen molar-refractivity contribution in [2.75, 3.05) is 14.1 Å². The molecule has 20 heavy (non-hydrogen) atoms. The monoisotopic (exact) mass is 282 g/mol. The lowest BCUT2D eigenvalue weighted by molar-refractivity contribution is -0.135. The van der Waals surface area contributed by atoms with E-state index in [-0.39, 0.29) is 11.7 Å². The lowest BCUT2D eigenvalue weighted by Gasteiger charge is -2.19. The summed E-state index contributed by atoms with van der Waals surface area (Å²) in [7, 11) is 3.32. The fourth-order valence-corrected chi connectivity index (χ4v) is 1.73. The quantitative estimate of drug-likeness (QED) is 0.869. The average molecular weight is 282 g/mol. The van der Waals surface area contributed by atoms with Crippen molar-refractivity contribution >= 4 is 5.91 Å². The summed E-state index contributed by atoms with van der Waals surface area (Å²) in [4.78, 5) is 13.2. The minimum Gasteiger partial charge on any atom is -0.481 e. The summed E-state index contributed by atoms with van der Waals surface area (Å²) in [5.74, 6) is -0.156. The average Bonchev–Trinajstić information content (AvgIpc) is 2.34. The molecule has 0 bridgehead atoms. The van der Waals surface area contributed by atoms with Crippen LogP contribution in [0.2, 0.25) is 0 Å². The Bertz CT molecular complexity index is 461. The van der Waals surface area contributed by atoms with Gasteiger partial charge in [-0.2, -0.15) is 0 Å². The second-order valence-corrected chi connectivity index (χ2v) is 5.32. The minimum atomic E-state index is -0.641. The van der Waals surface area contributed by atoms with Crippen LogP contribution in [-0.4, -0.2) is 37.0 Å². The van der Waals surface area contributed by atoms with Crippen LogP contribution in [0.25, 0.3) is 0 Å². The molecule has 1 unspecified atom stereocenters. The van der Waals surface area contributed by atoms with E-state index in [1.54, 1.807) is 27.1 Å². The fraction of sp³-hybridized carbons (Fsp3) is 0.533. The largest absolute Gasteiger partial charge is 0.481 e. The van der Waals surface area contributed by atoms with Crippen LogP contribution in [0.4, 0.5) is 4.39 Å². The molecule has 0 aliphatic rings. The van der Waals surface area contributed by atoms with E-state index >= 15 is 0 Å². The molecule has 0 saturated heterocycles. The predicted octanol–water partition coefficient (Wildman–Crippen LogP) is 2.18. The van der Waals surface area contributed by atoms with Gasteiger partial charge < -0.3 is 15.0 Å². The summed E-state index contributed by atoms with van der Waals surface area (Å²) >= 11 is 0. The zero-order valence-electron chi connectivity index (χ0n) is 12.7. The molecule has 5 heteroatoms. The Hall–Kier alpha value is -1.62. The van der Waals surface area contributed by atoms with Gasteiger partial charge in [0.1, 0.15) is 11.6 Å². The van der Waals surface area contributed by atoms with E-state index < -0.39 is 6.10 Å². The summed E-state index contributed by atoms with van der Waals surface area (Å²) in [5.41, 5.74) is 0.790. The molecule has 0 saturated carbocycles. The summed E-state index contributed by atoms with van der Waals surface area (Å²) in [6.45, 7) is 6.25. The van der Waals surface area contributed by atoms with E-state index in [9.17, 15) is 9.18 Å². The maximum absolute atomic E-state index is 13.6. The van der Waals surface area contributed by atoms with E-state index in [0.717, 1.165) is 5.56 Å². The molecular weight excluding hydrogens is 259 g/mol. The molecule has 0 radical (unpaired) electrons. The Labute approximate surface area is 119 Å². The first-order valence-corrected chi connectivity index (χ1v) is 6.70. The molecule has 1 N–H and O–H groups in total. The van der Waals surface area contributed by atoms with Gasteiger partial charge >= 0.3 is 0 Å².